The third kappa shape index (κ3) is 3.59. The van der Waals surface area contributed by atoms with Gasteiger partial charge in [0.25, 0.3) is 5.69 Å². The number of hydrogen-bond donors (Lipinski definition) is 1. The van der Waals surface area contributed by atoms with Crippen LogP contribution in [-0.4, -0.2) is 4.92 Å². The molecule has 110 valence electrons. The molecular formula is C14H11Br2FN2O2. The lowest BCUT2D eigenvalue weighted by atomic mass is 10.1. The number of para-hydroxylation sites is 1. The van der Waals surface area contributed by atoms with E-state index < -0.39 is 10.7 Å². The highest BCUT2D eigenvalue weighted by Crippen LogP contribution is 2.33. The van der Waals surface area contributed by atoms with Crippen LogP contribution >= 0.6 is 31.9 Å². The molecule has 2 aromatic rings. The summed E-state index contributed by atoms with van der Waals surface area (Å²) in [6.45, 7) is 1.81. The number of rotatable bonds is 4. The maximum atomic E-state index is 13.9. The summed E-state index contributed by atoms with van der Waals surface area (Å²) in [5.74, 6) is -0.649. The second-order valence-electron chi connectivity index (χ2n) is 4.42. The van der Waals surface area contributed by atoms with Crippen molar-refractivity contribution in [3.05, 3.63) is 66.8 Å². The fourth-order valence-electron chi connectivity index (χ4n) is 1.95. The minimum Gasteiger partial charge on any atom is -0.371 e. The maximum Gasteiger partial charge on any atom is 0.295 e. The van der Waals surface area contributed by atoms with Crippen LogP contribution in [0, 0.1) is 15.9 Å². The number of hydrogen-bond acceptors (Lipinski definition) is 3. The fraction of sp³-hybridized carbons (Fsp3) is 0.143. The van der Waals surface area contributed by atoms with Crippen molar-refractivity contribution >= 4 is 43.2 Å². The summed E-state index contributed by atoms with van der Waals surface area (Å²) in [5, 5.41) is 13.9. The first kappa shape index (κ1) is 15.9. The van der Waals surface area contributed by atoms with Gasteiger partial charge in [0.1, 0.15) is 5.69 Å². The Morgan fingerprint density at radius 1 is 1.29 bits per heavy atom. The van der Waals surface area contributed by atoms with E-state index in [0.717, 1.165) is 14.5 Å². The molecule has 2 aromatic carbocycles. The predicted octanol–water partition coefficient (Wildman–Crippen LogP) is 5.43. The van der Waals surface area contributed by atoms with E-state index >= 15 is 0 Å². The zero-order chi connectivity index (χ0) is 15.6. The predicted molar refractivity (Wildman–Crippen MR) is 86.9 cm³/mol. The molecule has 0 aliphatic heterocycles. The van der Waals surface area contributed by atoms with Crippen LogP contribution in [0.5, 0.6) is 0 Å². The fourth-order valence-corrected chi connectivity index (χ4v) is 3.35. The van der Waals surface area contributed by atoms with Gasteiger partial charge in [-0.3, -0.25) is 10.1 Å². The van der Waals surface area contributed by atoms with Gasteiger partial charge in [-0.1, -0.05) is 44.0 Å². The summed E-state index contributed by atoms with van der Waals surface area (Å²) in [5.41, 5.74) is 0.482. The van der Waals surface area contributed by atoms with Crippen molar-refractivity contribution in [3.63, 3.8) is 0 Å². The molecule has 0 fully saturated rings. The van der Waals surface area contributed by atoms with Gasteiger partial charge in [-0.15, -0.1) is 0 Å². The summed E-state index contributed by atoms with van der Waals surface area (Å²) < 4.78 is 15.6. The quantitative estimate of drug-likeness (QED) is 0.532. The van der Waals surface area contributed by atoms with E-state index in [-0.39, 0.29) is 17.4 Å². The van der Waals surface area contributed by atoms with Gasteiger partial charge in [0, 0.05) is 21.1 Å². The summed E-state index contributed by atoms with van der Waals surface area (Å²) in [6, 6.07) is 9.06. The van der Waals surface area contributed by atoms with Gasteiger partial charge in [-0.05, 0) is 30.7 Å². The van der Waals surface area contributed by atoms with E-state index in [9.17, 15) is 14.5 Å². The second kappa shape index (κ2) is 6.53. The summed E-state index contributed by atoms with van der Waals surface area (Å²) in [7, 11) is 0. The molecule has 0 aromatic heterocycles. The number of nitro benzene ring substituents is 1. The molecular weight excluding hydrogens is 407 g/mol. The maximum absolute atomic E-state index is 13.9. The van der Waals surface area contributed by atoms with Gasteiger partial charge in [0.2, 0.25) is 0 Å². The Balaban J connectivity index is 2.36. The van der Waals surface area contributed by atoms with Gasteiger partial charge in [0.15, 0.2) is 5.82 Å². The van der Waals surface area contributed by atoms with Crippen LogP contribution in [0.15, 0.2) is 45.3 Å². The number of nitro groups is 1. The first-order chi connectivity index (χ1) is 9.90. The number of anilines is 1. The van der Waals surface area contributed by atoms with Crippen LogP contribution in [0.4, 0.5) is 15.8 Å². The van der Waals surface area contributed by atoms with Crippen molar-refractivity contribution < 1.29 is 9.31 Å². The Morgan fingerprint density at radius 3 is 2.62 bits per heavy atom. The Kier molecular flexibility index (Phi) is 4.95. The van der Waals surface area contributed by atoms with Crippen LogP contribution in [0.1, 0.15) is 18.5 Å². The van der Waals surface area contributed by atoms with Crippen LogP contribution in [0.25, 0.3) is 0 Å². The minimum atomic E-state index is -0.649. The smallest absolute Gasteiger partial charge is 0.295 e. The normalized spacial score (nSPS) is 12.0. The molecule has 1 N–H and O–H groups in total. The number of nitrogens with zero attached hydrogens (tertiary/aromatic N) is 1. The molecule has 2 rings (SSSR count). The molecule has 0 aliphatic carbocycles. The van der Waals surface area contributed by atoms with Crippen molar-refractivity contribution in [2.75, 3.05) is 5.32 Å². The van der Waals surface area contributed by atoms with Gasteiger partial charge < -0.3 is 5.32 Å². The van der Waals surface area contributed by atoms with Crippen LogP contribution < -0.4 is 5.32 Å². The summed E-state index contributed by atoms with van der Waals surface area (Å²) in [6.07, 6.45) is 0. The van der Waals surface area contributed by atoms with E-state index in [1.54, 1.807) is 0 Å². The van der Waals surface area contributed by atoms with E-state index in [4.69, 9.17) is 0 Å². The van der Waals surface area contributed by atoms with Crippen LogP contribution in [-0.2, 0) is 0 Å². The number of nitrogens with one attached hydrogen (secondary N) is 1. The molecule has 4 nitrogen and oxygen atoms in total. The molecule has 0 amide bonds. The average Bonchev–Trinajstić information content (AvgIpc) is 2.40. The molecule has 0 spiro atoms. The Morgan fingerprint density at radius 2 is 2.00 bits per heavy atom. The van der Waals surface area contributed by atoms with Crippen molar-refractivity contribution in [1.29, 1.82) is 0 Å². The zero-order valence-electron chi connectivity index (χ0n) is 10.9. The molecule has 0 radical (unpaired) electrons. The van der Waals surface area contributed by atoms with Crippen molar-refractivity contribution in [2.24, 2.45) is 0 Å². The summed E-state index contributed by atoms with van der Waals surface area (Å²) >= 11 is 6.78. The first-order valence-corrected chi connectivity index (χ1v) is 7.63. The van der Waals surface area contributed by atoms with Crippen LogP contribution in [0.2, 0.25) is 0 Å². The number of halogens is 3. The zero-order valence-corrected chi connectivity index (χ0v) is 14.1. The van der Waals surface area contributed by atoms with Gasteiger partial charge >= 0.3 is 0 Å². The lowest BCUT2D eigenvalue weighted by Gasteiger charge is -2.17. The van der Waals surface area contributed by atoms with Crippen molar-refractivity contribution in [2.45, 2.75) is 13.0 Å². The van der Waals surface area contributed by atoms with E-state index in [1.165, 1.54) is 18.2 Å². The Labute approximate surface area is 137 Å². The Hall–Kier alpha value is -1.47. The topological polar surface area (TPSA) is 55.2 Å². The van der Waals surface area contributed by atoms with E-state index in [0.29, 0.717) is 0 Å². The molecule has 7 heteroatoms. The van der Waals surface area contributed by atoms with Gasteiger partial charge in [0.05, 0.1) is 4.92 Å². The largest absolute Gasteiger partial charge is 0.371 e. The molecule has 0 saturated carbocycles. The molecule has 0 saturated heterocycles. The minimum absolute atomic E-state index is 0.107. The molecule has 1 atom stereocenters. The van der Waals surface area contributed by atoms with Crippen molar-refractivity contribution in [1.82, 2.24) is 0 Å². The third-order valence-electron chi connectivity index (χ3n) is 2.98. The molecule has 21 heavy (non-hydrogen) atoms. The lowest BCUT2D eigenvalue weighted by molar-refractivity contribution is -0.384. The molecule has 0 aliphatic rings. The average molecular weight is 418 g/mol. The van der Waals surface area contributed by atoms with Gasteiger partial charge in [-0.2, -0.15) is 0 Å². The Bertz CT molecular complexity index is 695. The van der Waals surface area contributed by atoms with Gasteiger partial charge in [-0.25, -0.2) is 4.39 Å². The second-order valence-corrected chi connectivity index (χ2v) is 6.19. The molecule has 1 unspecified atom stereocenters. The first-order valence-electron chi connectivity index (χ1n) is 6.04. The standard InChI is InChI=1S/C14H11Br2FN2O2/c1-8(10-6-5-9(15)7-11(10)16)18-14-12(17)3-2-4-13(14)19(20)21/h2-8,18H,1H3. The lowest BCUT2D eigenvalue weighted by Crippen LogP contribution is -2.10. The third-order valence-corrected chi connectivity index (χ3v) is 4.16. The van der Waals surface area contributed by atoms with E-state index in [2.05, 4.69) is 37.2 Å². The van der Waals surface area contributed by atoms with E-state index in [1.807, 2.05) is 25.1 Å². The van der Waals surface area contributed by atoms with Crippen LogP contribution in [0.3, 0.4) is 0 Å². The monoisotopic (exact) mass is 416 g/mol. The molecule has 0 bridgehead atoms. The SMILES string of the molecule is CC(Nc1c(F)cccc1[N+](=O)[O-])c1ccc(Br)cc1Br. The van der Waals surface area contributed by atoms with Crippen molar-refractivity contribution in [3.8, 4) is 0 Å². The highest BCUT2D eigenvalue weighted by Gasteiger charge is 2.20. The summed E-state index contributed by atoms with van der Waals surface area (Å²) in [4.78, 5) is 10.4. The highest BCUT2D eigenvalue weighted by molar-refractivity contribution is 9.11. The highest BCUT2D eigenvalue weighted by atomic mass is 79.9. The molecule has 0 heterocycles. The number of benzene rings is 2.